The van der Waals surface area contributed by atoms with E-state index in [2.05, 4.69) is 28.8 Å². The first kappa shape index (κ1) is 24.4. The Balaban J connectivity index is 1.53. The molecule has 0 aliphatic heterocycles. The fraction of sp³-hybridized carbons (Fsp3) is 0.385. The molecule has 6 heteroatoms. The molecule has 0 spiro atoms. The number of fused-ring (bicyclic) bond motifs is 1. The van der Waals surface area contributed by atoms with Gasteiger partial charge in [0.25, 0.3) is 0 Å². The summed E-state index contributed by atoms with van der Waals surface area (Å²) < 4.78 is 1.13. The third-order valence-electron chi connectivity index (χ3n) is 5.43. The summed E-state index contributed by atoms with van der Waals surface area (Å²) in [6.45, 7) is 5.81. The van der Waals surface area contributed by atoms with Crippen LogP contribution in [0.2, 0.25) is 5.02 Å². The second-order valence-corrected chi connectivity index (χ2v) is 10.0. The van der Waals surface area contributed by atoms with E-state index < -0.39 is 6.04 Å². The van der Waals surface area contributed by atoms with Crippen molar-refractivity contribution in [2.75, 3.05) is 0 Å². The Morgan fingerprint density at radius 2 is 1.75 bits per heavy atom. The van der Waals surface area contributed by atoms with Gasteiger partial charge in [-0.1, -0.05) is 61.8 Å². The van der Waals surface area contributed by atoms with Crippen LogP contribution in [0.3, 0.4) is 0 Å². The highest BCUT2D eigenvalue weighted by molar-refractivity contribution is 7.19. The molecule has 0 radical (unpaired) electrons. The predicted molar refractivity (Wildman–Crippen MR) is 135 cm³/mol. The number of nitrogens with one attached hydrogen (secondary N) is 2. The van der Waals surface area contributed by atoms with Crippen LogP contribution in [0.15, 0.2) is 54.6 Å². The smallest absolute Gasteiger partial charge is 0.237 e. The maximum absolute atomic E-state index is 12.9. The van der Waals surface area contributed by atoms with Gasteiger partial charge in [0.2, 0.25) is 5.91 Å². The summed E-state index contributed by atoms with van der Waals surface area (Å²) in [5.41, 5.74) is 1.20. The van der Waals surface area contributed by atoms with Gasteiger partial charge >= 0.3 is 0 Å². The van der Waals surface area contributed by atoms with E-state index in [1.165, 1.54) is 5.56 Å². The monoisotopic (exact) mass is 470 g/mol. The number of benzene rings is 2. The maximum atomic E-state index is 12.9. The Hall–Kier alpha value is -2.21. The van der Waals surface area contributed by atoms with Crippen molar-refractivity contribution in [1.29, 1.82) is 0 Å². The third-order valence-corrected chi connectivity index (χ3v) is 6.92. The molecule has 2 N–H and O–H groups in total. The highest BCUT2D eigenvalue weighted by Gasteiger charge is 2.23. The van der Waals surface area contributed by atoms with E-state index in [-0.39, 0.29) is 23.8 Å². The van der Waals surface area contributed by atoms with Gasteiger partial charge in [-0.2, -0.15) is 0 Å². The van der Waals surface area contributed by atoms with Gasteiger partial charge in [0.05, 0.1) is 12.1 Å². The Labute approximate surface area is 199 Å². The van der Waals surface area contributed by atoms with Crippen molar-refractivity contribution >= 4 is 44.7 Å². The molecule has 1 heterocycles. The number of carbonyl (C=O) groups is 2. The molecule has 0 fully saturated rings. The Morgan fingerprint density at radius 3 is 2.44 bits per heavy atom. The van der Waals surface area contributed by atoms with Crippen LogP contribution in [0, 0.1) is 0 Å². The molecule has 0 saturated carbocycles. The molecule has 1 amide bonds. The first-order chi connectivity index (χ1) is 15.3. The minimum atomic E-state index is -0.520. The maximum Gasteiger partial charge on any atom is 0.237 e. The number of rotatable bonds is 11. The normalized spacial score (nSPS) is 13.3. The summed E-state index contributed by atoms with van der Waals surface area (Å²) in [5.74, 6) is -0.0858. The van der Waals surface area contributed by atoms with Crippen LogP contribution < -0.4 is 10.6 Å². The zero-order valence-corrected chi connectivity index (χ0v) is 20.4. The van der Waals surface area contributed by atoms with E-state index in [0.29, 0.717) is 19.3 Å². The first-order valence-corrected chi connectivity index (χ1v) is 12.3. The van der Waals surface area contributed by atoms with E-state index in [1.807, 2.05) is 50.2 Å². The van der Waals surface area contributed by atoms with Gasteiger partial charge in [-0.3, -0.25) is 9.59 Å². The fourth-order valence-electron chi connectivity index (χ4n) is 3.71. The zero-order valence-electron chi connectivity index (χ0n) is 18.9. The van der Waals surface area contributed by atoms with Crippen LogP contribution in [0.25, 0.3) is 10.1 Å². The minimum Gasteiger partial charge on any atom is -0.345 e. The van der Waals surface area contributed by atoms with Crippen LogP contribution in [0.4, 0.5) is 0 Å². The SMILES string of the molecule is CC(C)N[C@H](CCc1ccccc1)C(=O)N[C@@H](C)C(=O)CCc1cc2c(Cl)cccc2s1. The standard InChI is InChI=1S/C26H31ClN2O2S/c1-17(2)28-23(14-12-19-8-5-4-6-9-19)26(31)29-18(3)24(30)15-13-20-16-21-22(27)10-7-11-25(21)32-20/h4-11,16-18,23,28H,12-15H2,1-3H3,(H,29,31)/t18-,23+/m0/s1. The summed E-state index contributed by atoms with van der Waals surface area (Å²) in [5, 5.41) is 8.03. The number of Topliss-reactive ketones (excluding diaryl/α,β-unsaturated/α-hetero) is 1. The molecule has 4 nitrogen and oxygen atoms in total. The summed E-state index contributed by atoms with van der Waals surface area (Å²) >= 11 is 7.92. The molecule has 0 aliphatic carbocycles. The number of ketones is 1. The molecule has 0 saturated heterocycles. The third kappa shape index (κ3) is 6.89. The van der Waals surface area contributed by atoms with E-state index in [1.54, 1.807) is 18.3 Å². The highest BCUT2D eigenvalue weighted by Crippen LogP contribution is 2.31. The van der Waals surface area contributed by atoms with Gasteiger partial charge in [0.15, 0.2) is 5.78 Å². The largest absolute Gasteiger partial charge is 0.345 e. The van der Waals surface area contributed by atoms with Crippen LogP contribution in [-0.2, 0) is 22.4 Å². The molecular formula is C26H31ClN2O2S. The molecular weight excluding hydrogens is 440 g/mol. The Bertz CT molecular complexity index is 1050. The quantitative estimate of drug-likeness (QED) is 0.385. The number of amides is 1. The molecule has 0 bridgehead atoms. The van der Waals surface area contributed by atoms with Crippen molar-refractivity contribution in [1.82, 2.24) is 10.6 Å². The van der Waals surface area contributed by atoms with Crippen LogP contribution in [0.1, 0.15) is 44.1 Å². The van der Waals surface area contributed by atoms with E-state index in [0.717, 1.165) is 26.4 Å². The van der Waals surface area contributed by atoms with E-state index >= 15 is 0 Å². The summed E-state index contributed by atoms with van der Waals surface area (Å²) in [6, 6.07) is 17.4. The molecule has 0 unspecified atom stereocenters. The summed E-state index contributed by atoms with van der Waals surface area (Å²) in [6.07, 6.45) is 2.52. The minimum absolute atomic E-state index is 0.0354. The summed E-state index contributed by atoms with van der Waals surface area (Å²) in [4.78, 5) is 26.7. The number of aryl methyl sites for hydroxylation is 2. The second-order valence-electron chi connectivity index (χ2n) is 8.46. The van der Waals surface area contributed by atoms with Crippen molar-refractivity contribution in [3.8, 4) is 0 Å². The van der Waals surface area contributed by atoms with E-state index in [9.17, 15) is 9.59 Å². The van der Waals surface area contributed by atoms with Crippen molar-refractivity contribution in [2.24, 2.45) is 0 Å². The Kier molecular flexibility index (Phi) is 8.85. The number of carbonyl (C=O) groups excluding carboxylic acids is 2. The lowest BCUT2D eigenvalue weighted by Crippen LogP contribution is -2.51. The van der Waals surface area contributed by atoms with Crippen LogP contribution in [-0.4, -0.2) is 29.8 Å². The molecule has 170 valence electrons. The Morgan fingerprint density at radius 1 is 1.00 bits per heavy atom. The topological polar surface area (TPSA) is 58.2 Å². The molecule has 3 rings (SSSR count). The molecule has 1 aromatic heterocycles. The number of halogens is 1. The lowest BCUT2D eigenvalue weighted by atomic mass is 10.0. The van der Waals surface area contributed by atoms with Gasteiger partial charge < -0.3 is 10.6 Å². The average Bonchev–Trinajstić information content (AvgIpc) is 3.20. The highest BCUT2D eigenvalue weighted by atomic mass is 35.5. The van der Waals surface area contributed by atoms with Gasteiger partial charge in [-0.25, -0.2) is 0 Å². The number of hydrogen-bond donors (Lipinski definition) is 2. The lowest BCUT2D eigenvalue weighted by Gasteiger charge is -2.23. The fourth-order valence-corrected chi connectivity index (χ4v) is 5.08. The van der Waals surface area contributed by atoms with Crippen molar-refractivity contribution in [2.45, 2.75) is 64.6 Å². The van der Waals surface area contributed by atoms with Crippen molar-refractivity contribution < 1.29 is 9.59 Å². The lowest BCUT2D eigenvalue weighted by molar-refractivity contribution is -0.128. The van der Waals surface area contributed by atoms with E-state index in [4.69, 9.17) is 11.6 Å². The number of hydrogen-bond acceptors (Lipinski definition) is 4. The average molecular weight is 471 g/mol. The summed E-state index contributed by atoms with van der Waals surface area (Å²) in [7, 11) is 0. The van der Waals surface area contributed by atoms with Gasteiger partial charge in [0, 0.05) is 32.4 Å². The van der Waals surface area contributed by atoms with Crippen LogP contribution in [0.5, 0.6) is 0 Å². The zero-order chi connectivity index (χ0) is 23.1. The van der Waals surface area contributed by atoms with Gasteiger partial charge in [-0.15, -0.1) is 11.3 Å². The van der Waals surface area contributed by atoms with Crippen LogP contribution >= 0.6 is 22.9 Å². The molecule has 3 aromatic rings. The van der Waals surface area contributed by atoms with Crippen molar-refractivity contribution in [3.63, 3.8) is 0 Å². The second kappa shape index (κ2) is 11.6. The number of thiophene rings is 1. The molecule has 2 aromatic carbocycles. The predicted octanol–water partition coefficient (Wildman–Crippen LogP) is 5.56. The first-order valence-electron chi connectivity index (χ1n) is 11.1. The van der Waals surface area contributed by atoms with Crippen molar-refractivity contribution in [3.05, 3.63) is 70.1 Å². The van der Waals surface area contributed by atoms with Gasteiger partial charge in [-0.05, 0) is 49.9 Å². The van der Waals surface area contributed by atoms with Gasteiger partial charge in [0.1, 0.15) is 0 Å². The molecule has 32 heavy (non-hydrogen) atoms. The molecule has 0 aliphatic rings. The molecule has 2 atom stereocenters.